The minimum Gasteiger partial charge on any atom is -0.497 e. The predicted octanol–water partition coefficient (Wildman–Crippen LogP) is 4.75. The number of rotatable bonds is 6. The van der Waals surface area contributed by atoms with Crippen LogP contribution in [0.1, 0.15) is 40.5 Å². The van der Waals surface area contributed by atoms with E-state index in [-0.39, 0.29) is 5.91 Å². The van der Waals surface area contributed by atoms with Crippen LogP contribution in [0, 0.1) is 0 Å². The van der Waals surface area contributed by atoms with Crippen LogP contribution in [0.4, 0.5) is 0 Å². The molecule has 1 saturated heterocycles. The minimum atomic E-state index is 0.0966. The molecule has 6 nitrogen and oxygen atoms in total. The Morgan fingerprint density at radius 2 is 1.70 bits per heavy atom. The van der Waals surface area contributed by atoms with E-state index in [0.717, 1.165) is 55.3 Å². The fraction of sp³-hybridized carbons (Fsp3) is 0.259. The Bertz CT molecular complexity index is 1200. The number of carbonyl (C=O) groups excluding carboxylic acids is 1. The molecule has 0 atom stereocenters. The van der Waals surface area contributed by atoms with Crippen LogP contribution in [0.25, 0.3) is 5.69 Å². The second-order valence-corrected chi connectivity index (χ2v) is 8.44. The highest BCUT2D eigenvalue weighted by molar-refractivity contribution is 5.97. The number of piperidine rings is 1. The Hall–Kier alpha value is -3.80. The number of aromatic nitrogens is 3. The molecule has 2 aromatic heterocycles. The van der Waals surface area contributed by atoms with Gasteiger partial charge in [0.05, 0.1) is 18.4 Å². The van der Waals surface area contributed by atoms with E-state index in [0.29, 0.717) is 5.92 Å². The lowest BCUT2D eigenvalue weighted by Gasteiger charge is -2.32. The van der Waals surface area contributed by atoms with Crippen LogP contribution in [-0.4, -0.2) is 45.1 Å². The van der Waals surface area contributed by atoms with Crippen molar-refractivity contribution in [2.45, 2.75) is 25.3 Å². The lowest BCUT2D eigenvalue weighted by Crippen LogP contribution is -2.38. The maximum absolute atomic E-state index is 13.4. The van der Waals surface area contributed by atoms with Crippen LogP contribution in [0.15, 0.2) is 85.5 Å². The molecule has 0 spiro atoms. The first-order valence-electron chi connectivity index (χ1n) is 11.4. The summed E-state index contributed by atoms with van der Waals surface area (Å²) in [5.74, 6) is 2.41. The van der Waals surface area contributed by atoms with Crippen LogP contribution in [-0.2, 0) is 6.54 Å². The summed E-state index contributed by atoms with van der Waals surface area (Å²) in [5, 5.41) is 0. The highest BCUT2D eigenvalue weighted by Gasteiger charge is 2.28. The van der Waals surface area contributed by atoms with Gasteiger partial charge in [-0.15, -0.1) is 0 Å². The number of likely N-dealkylation sites (tertiary alicyclic amines) is 1. The molecular formula is C27H28N4O2. The zero-order valence-corrected chi connectivity index (χ0v) is 18.8. The number of hydrogen-bond donors (Lipinski definition) is 0. The van der Waals surface area contributed by atoms with E-state index >= 15 is 0 Å². The number of imidazole rings is 1. The van der Waals surface area contributed by atoms with E-state index in [9.17, 15) is 4.79 Å². The van der Waals surface area contributed by atoms with E-state index in [2.05, 4.69) is 21.7 Å². The summed E-state index contributed by atoms with van der Waals surface area (Å²) in [6, 6.07) is 19.9. The van der Waals surface area contributed by atoms with E-state index in [1.807, 2.05) is 82.8 Å². The van der Waals surface area contributed by atoms with E-state index in [1.54, 1.807) is 7.11 Å². The molecule has 5 rings (SSSR count). The van der Waals surface area contributed by atoms with Gasteiger partial charge in [-0.05, 0) is 54.8 Å². The van der Waals surface area contributed by atoms with Crippen molar-refractivity contribution in [2.24, 2.45) is 0 Å². The minimum absolute atomic E-state index is 0.0966. The molecule has 33 heavy (non-hydrogen) atoms. The van der Waals surface area contributed by atoms with Crippen LogP contribution in [0.2, 0.25) is 0 Å². The normalized spacial score (nSPS) is 14.4. The fourth-order valence-electron chi connectivity index (χ4n) is 4.63. The molecule has 6 heteroatoms. The highest BCUT2D eigenvalue weighted by Crippen LogP contribution is 2.29. The topological polar surface area (TPSA) is 52.3 Å². The van der Waals surface area contributed by atoms with E-state index in [1.165, 1.54) is 5.56 Å². The van der Waals surface area contributed by atoms with Gasteiger partial charge in [-0.25, -0.2) is 4.98 Å². The third kappa shape index (κ3) is 4.42. The second-order valence-electron chi connectivity index (χ2n) is 8.44. The predicted molar refractivity (Wildman–Crippen MR) is 128 cm³/mol. The summed E-state index contributed by atoms with van der Waals surface area (Å²) in [4.78, 5) is 20.0. The molecule has 168 valence electrons. The summed E-state index contributed by atoms with van der Waals surface area (Å²) in [7, 11) is 1.68. The van der Waals surface area contributed by atoms with Crippen LogP contribution in [0.3, 0.4) is 0 Å². The SMILES string of the molecule is COc1ccc(Cn2ccnc2C2CCN(C(=O)c3ccccc3-n3cccc3)CC2)cc1. The molecule has 0 saturated carbocycles. The lowest BCUT2D eigenvalue weighted by molar-refractivity contribution is 0.0710. The average molecular weight is 441 g/mol. The van der Waals surface area contributed by atoms with Gasteiger partial charge in [-0.1, -0.05) is 24.3 Å². The molecule has 3 heterocycles. The van der Waals surface area contributed by atoms with E-state index < -0.39 is 0 Å². The average Bonchev–Trinajstić information content (AvgIpc) is 3.57. The van der Waals surface area contributed by atoms with Gasteiger partial charge in [-0.2, -0.15) is 0 Å². The van der Waals surface area contributed by atoms with Crippen molar-refractivity contribution in [3.05, 3.63) is 102 Å². The standard InChI is InChI=1S/C27H28N4O2/c1-33-23-10-8-21(9-11-23)20-31-19-14-28-26(31)22-12-17-30(18-13-22)27(32)24-6-2-3-7-25(24)29-15-4-5-16-29/h2-11,14-16,19,22H,12-13,17-18,20H2,1H3. The Morgan fingerprint density at radius 1 is 0.970 bits per heavy atom. The van der Waals surface area contributed by atoms with Gasteiger partial charge in [0.25, 0.3) is 5.91 Å². The molecule has 0 N–H and O–H groups in total. The first-order chi connectivity index (χ1) is 16.2. The monoisotopic (exact) mass is 440 g/mol. The summed E-state index contributed by atoms with van der Waals surface area (Å²) in [6.07, 6.45) is 9.70. The number of para-hydroxylation sites is 1. The van der Waals surface area contributed by atoms with Crippen molar-refractivity contribution in [3.8, 4) is 11.4 Å². The van der Waals surface area contributed by atoms with Gasteiger partial charge in [0.2, 0.25) is 0 Å². The lowest BCUT2D eigenvalue weighted by atomic mass is 9.95. The number of nitrogens with zero attached hydrogens (tertiary/aromatic N) is 4. The fourth-order valence-corrected chi connectivity index (χ4v) is 4.63. The number of benzene rings is 2. The zero-order chi connectivity index (χ0) is 22.6. The number of amides is 1. The molecule has 1 fully saturated rings. The third-order valence-corrected chi connectivity index (χ3v) is 6.42. The van der Waals surface area contributed by atoms with Gasteiger partial charge in [0.15, 0.2) is 0 Å². The van der Waals surface area contributed by atoms with Gasteiger partial charge >= 0.3 is 0 Å². The van der Waals surface area contributed by atoms with Gasteiger partial charge in [0.1, 0.15) is 11.6 Å². The maximum Gasteiger partial charge on any atom is 0.255 e. The second kappa shape index (κ2) is 9.36. The molecule has 2 aromatic carbocycles. The first-order valence-corrected chi connectivity index (χ1v) is 11.4. The highest BCUT2D eigenvalue weighted by atomic mass is 16.5. The first kappa shape index (κ1) is 21.1. The number of ether oxygens (including phenoxy) is 1. The summed E-state index contributed by atoms with van der Waals surface area (Å²) >= 11 is 0. The van der Waals surface area contributed by atoms with Crippen molar-refractivity contribution in [2.75, 3.05) is 20.2 Å². The van der Waals surface area contributed by atoms with Crippen molar-refractivity contribution < 1.29 is 9.53 Å². The van der Waals surface area contributed by atoms with Crippen LogP contribution < -0.4 is 4.74 Å². The smallest absolute Gasteiger partial charge is 0.255 e. The number of carbonyl (C=O) groups is 1. The number of methoxy groups -OCH3 is 1. The van der Waals surface area contributed by atoms with Gasteiger partial charge in [-0.3, -0.25) is 4.79 Å². The van der Waals surface area contributed by atoms with Crippen LogP contribution >= 0.6 is 0 Å². The molecule has 1 aliphatic heterocycles. The molecular weight excluding hydrogens is 412 g/mol. The molecule has 1 amide bonds. The Morgan fingerprint density at radius 3 is 2.42 bits per heavy atom. The van der Waals surface area contributed by atoms with Crippen molar-refractivity contribution in [3.63, 3.8) is 0 Å². The van der Waals surface area contributed by atoms with Crippen LogP contribution in [0.5, 0.6) is 5.75 Å². The summed E-state index contributed by atoms with van der Waals surface area (Å²) < 4.78 is 9.48. The zero-order valence-electron chi connectivity index (χ0n) is 18.8. The van der Waals surface area contributed by atoms with Gasteiger partial charge < -0.3 is 18.8 Å². The Labute approximate surface area is 194 Å². The summed E-state index contributed by atoms with van der Waals surface area (Å²) in [6.45, 7) is 2.25. The van der Waals surface area contributed by atoms with Crippen molar-refractivity contribution >= 4 is 5.91 Å². The Balaban J connectivity index is 1.26. The molecule has 1 aliphatic rings. The maximum atomic E-state index is 13.4. The number of hydrogen-bond acceptors (Lipinski definition) is 3. The van der Waals surface area contributed by atoms with Crippen molar-refractivity contribution in [1.82, 2.24) is 19.0 Å². The molecule has 0 aliphatic carbocycles. The third-order valence-electron chi connectivity index (χ3n) is 6.42. The Kier molecular flexibility index (Phi) is 5.98. The summed E-state index contributed by atoms with van der Waals surface area (Å²) in [5.41, 5.74) is 2.88. The molecule has 0 bridgehead atoms. The largest absolute Gasteiger partial charge is 0.497 e. The quantitative estimate of drug-likeness (QED) is 0.435. The van der Waals surface area contributed by atoms with Gasteiger partial charge in [0, 0.05) is 50.3 Å². The van der Waals surface area contributed by atoms with E-state index in [4.69, 9.17) is 4.74 Å². The molecule has 0 unspecified atom stereocenters. The van der Waals surface area contributed by atoms with Crippen molar-refractivity contribution in [1.29, 1.82) is 0 Å². The molecule has 4 aromatic rings. The molecule has 0 radical (unpaired) electrons.